The molecule has 8 heteroatoms. The first-order valence-electron chi connectivity index (χ1n) is 4.82. The van der Waals surface area contributed by atoms with Crippen LogP contribution >= 0.6 is 0 Å². The Morgan fingerprint density at radius 1 is 1.47 bits per heavy atom. The molecule has 0 spiro atoms. The lowest BCUT2D eigenvalue weighted by Gasteiger charge is -2.06. The van der Waals surface area contributed by atoms with Crippen molar-refractivity contribution in [3.05, 3.63) is 18.1 Å². The molecule has 0 fully saturated rings. The number of aromatic nitrogens is 2. The molecule has 1 heterocycles. The number of nitrogens with two attached hydrogens (primary N) is 1. The lowest BCUT2D eigenvalue weighted by Crippen LogP contribution is -2.33. The number of ether oxygens (including phenoxy) is 1. The molecule has 0 aromatic carbocycles. The molecular weight excluding hydrogens is 226 g/mol. The number of carbonyl (C=O) groups is 2. The van der Waals surface area contributed by atoms with Crippen LogP contribution in [0.2, 0.25) is 0 Å². The zero-order chi connectivity index (χ0) is 12.7. The fourth-order valence-corrected chi connectivity index (χ4v) is 1.02. The Hall–Kier alpha value is -2.38. The largest absolute Gasteiger partial charge is 0.463 e. The third-order valence-electron chi connectivity index (χ3n) is 1.75. The molecular formula is C9H13N5O3. The smallest absolute Gasteiger partial charge is 0.376 e. The average Bonchev–Trinajstić information content (AvgIpc) is 2.34. The first-order valence-corrected chi connectivity index (χ1v) is 4.82. The van der Waals surface area contributed by atoms with Crippen LogP contribution in [0.5, 0.6) is 0 Å². The number of carbonyl (C=O) groups excluding carboxylic acids is 2. The molecule has 92 valence electrons. The lowest BCUT2D eigenvalue weighted by molar-refractivity contribution is 0.0587. The fourth-order valence-electron chi connectivity index (χ4n) is 1.02. The highest BCUT2D eigenvalue weighted by molar-refractivity contribution is 5.85. The minimum atomic E-state index is -0.607. The number of nitrogens with one attached hydrogen (secondary N) is 2. The standard InChI is InChI=1S/C9H13N5O3/c1-17-8(15)7-12-3-2-6(14-7)11-4-5-13-9(10)16/h2-3H,4-5H2,1H3,(H3,10,13,16)(H,11,12,14). The van der Waals surface area contributed by atoms with Crippen molar-refractivity contribution in [3.63, 3.8) is 0 Å². The topological polar surface area (TPSA) is 119 Å². The summed E-state index contributed by atoms with van der Waals surface area (Å²) in [5.74, 6) is -0.170. The zero-order valence-electron chi connectivity index (χ0n) is 9.27. The Morgan fingerprint density at radius 3 is 2.88 bits per heavy atom. The molecule has 0 bridgehead atoms. The van der Waals surface area contributed by atoms with Crippen molar-refractivity contribution in [1.29, 1.82) is 0 Å². The van der Waals surface area contributed by atoms with Crippen molar-refractivity contribution in [3.8, 4) is 0 Å². The highest BCUT2D eigenvalue weighted by atomic mass is 16.5. The molecule has 2 amide bonds. The van der Waals surface area contributed by atoms with Gasteiger partial charge in [-0.25, -0.2) is 19.6 Å². The third-order valence-corrected chi connectivity index (χ3v) is 1.75. The van der Waals surface area contributed by atoms with Gasteiger partial charge < -0.3 is 21.1 Å². The Bertz CT molecular complexity index is 409. The quantitative estimate of drug-likeness (QED) is 0.463. The fraction of sp³-hybridized carbons (Fsp3) is 0.333. The van der Waals surface area contributed by atoms with Gasteiger partial charge in [-0.15, -0.1) is 0 Å². The van der Waals surface area contributed by atoms with Gasteiger partial charge in [-0.2, -0.15) is 0 Å². The molecule has 0 aliphatic heterocycles. The average molecular weight is 239 g/mol. The predicted octanol–water partition coefficient (Wildman–Crippen LogP) is -0.657. The Labute approximate surface area is 97.6 Å². The molecule has 0 atom stereocenters. The van der Waals surface area contributed by atoms with Gasteiger partial charge in [0.1, 0.15) is 5.82 Å². The van der Waals surface area contributed by atoms with Crippen LogP contribution < -0.4 is 16.4 Å². The van der Waals surface area contributed by atoms with E-state index in [-0.39, 0.29) is 5.82 Å². The Morgan fingerprint density at radius 2 is 2.24 bits per heavy atom. The van der Waals surface area contributed by atoms with Gasteiger partial charge in [0.2, 0.25) is 5.82 Å². The molecule has 0 unspecified atom stereocenters. The van der Waals surface area contributed by atoms with Crippen LogP contribution in [0.15, 0.2) is 12.3 Å². The summed E-state index contributed by atoms with van der Waals surface area (Å²) in [6.07, 6.45) is 1.43. The van der Waals surface area contributed by atoms with E-state index in [9.17, 15) is 9.59 Å². The van der Waals surface area contributed by atoms with Crippen LogP contribution in [-0.4, -0.2) is 42.2 Å². The van der Waals surface area contributed by atoms with Crippen LogP contribution in [-0.2, 0) is 4.74 Å². The van der Waals surface area contributed by atoms with E-state index in [2.05, 4.69) is 25.3 Å². The molecule has 0 aliphatic carbocycles. The predicted molar refractivity (Wildman–Crippen MR) is 59.4 cm³/mol. The Balaban J connectivity index is 2.48. The van der Waals surface area contributed by atoms with E-state index < -0.39 is 12.0 Å². The highest BCUT2D eigenvalue weighted by Crippen LogP contribution is 2.01. The molecule has 0 radical (unpaired) electrons. The second-order valence-electron chi connectivity index (χ2n) is 2.97. The van der Waals surface area contributed by atoms with Crippen LogP contribution in [0.4, 0.5) is 10.6 Å². The van der Waals surface area contributed by atoms with Gasteiger partial charge in [0.15, 0.2) is 0 Å². The molecule has 8 nitrogen and oxygen atoms in total. The van der Waals surface area contributed by atoms with E-state index in [1.807, 2.05) is 0 Å². The van der Waals surface area contributed by atoms with Crippen molar-refractivity contribution in [2.24, 2.45) is 5.73 Å². The number of hydrogen-bond donors (Lipinski definition) is 3. The second kappa shape index (κ2) is 6.26. The van der Waals surface area contributed by atoms with E-state index in [1.54, 1.807) is 6.07 Å². The number of methoxy groups -OCH3 is 1. The monoisotopic (exact) mass is 239 g/mol. The summed E-state index contributed by atoms with van der Waals surface area (Å²) < 4.78 is 4.48. The van der Waals surface area contributed by atoms with Crippen LogP contribution in [0.25, 0.3) is 0 Å². The molecule has 0 saturated heterocycles. The van der Waals surface area contributed by atoms with Gasteiger partial charge in [0.05, 0.1) is 7.11 Å². The number of hydrogen-bond acceptors (Lipinski definition) is 6. The second-order valence-corrected chi connectivity index (χ2v) is 2.97. The van der Waals surface area contributed by atoms with E-state index in [0.29, 0.717) is 18.9 Å². The summed E-state index contributed by atoms with van der Waals surface area (Å²) in [5, 5.41) is 5.30. The summed E-state index contributed by atoms with van der Waals surface area (Å²) in [5.41, 5.74) is 4.89. The summed E-state index contributed by atoms with van der Waals surface area (Å²) in [7, 11) is 1.25. The van der Waals surface area contributed by atoms with E-state index >= 15 is 0 Å². The van der Waals surface area contributed by atoms with Crippen molar-refractivity contribution in [2.75, 3.05) is 25.5 Å². The van der Waals surface area contributed by atoms with Crippen LogP contribution in [0, 0.1) is 0 Å². The first-order chi connectivity index (χ1) is 8.13. The molecule has 1 rings (SSSR count). The molecule has 1 aromatic rings. The maximum absolute atomic E-state index is 11.1. The summed E-state index contributed by atoms with van der Waals surface area (Å²) in [6, 6.07) is 1.00. The SMILES string of the molecule is COC(=O)c1nccc(NCCNC(N)=O)n1. The number of nitrogens with zero attached hydrogens (tertiary/aromatic N) is 2. The number of esters is 1. The summed E-state index contributed by atoms with van der Waals surface area (Å²) in [4.78, 5) is 29.2. The summed E-state index contributed by atoms with van der Waals surface area (Å²) >= 11 is 0. The van der Waals surface area contributed by atoms with Crippen molar-refractivity contribution in [1.82, 2.24) is 15.3 Å². The van der Waals surface area contributed by atoms with Crippen molar-refractivity contribution < 1.29 is 14.3 Å². The number of anilines is 1. The normalized spacial score (nSPS) is 9.47. The number of amides is 2. The van der Waals surface area contributed by atoms with Gasteiger partial charge in [-0.3, -0.25) is 0 Å². The maximum Gasteiger partial charge on any atom is 0.376 e. The summed E-state index contributed by atoms with van der Waals surface area (Å²) in [6.45, 7) is 0.785. The van der Waals surface area contributed by atoms with Crippen LogP contribution in [0.3, 0.4) is 0 Å². The van der Waals surface area contributed by atoms with Gasteiger partial charge in [0.25, 0.3) is 0 Å². The number of rotatable bonds is 5. The maximum atomic E-state index is 11.1. The third kappa shape index (κ3) is 4.33. The highest BCUT2D eigenvalue weighted by Gasteiger charge is 2.08. The minimum Gasteiger partial charge on any atom is -0.463 e. The van der Waals surface area contributed by atoms with E-state index in [0.717, 1.165) is 0 Å². The first kappa shape index (κ1) is 12.7. The van der Waals surface area contributed by atoms with Gasteiger partial charge in [-0.05, 0) is 6.07 Å². The Kier molecular flexibility index (Phi) is 4.67. The van der Waals surface area contributed by atoms with Gasteiger partial charge >= 0.3 is 12.0 Å². The molecule has 1 aromatic heterocycles. The number of primary amides is 1. The van der Waals surface area contributed by atoms with Crippen LogP contribution in [0.1, 0.15) is 10.6 Å². The molecule has 4 N–H and O–H groups in total. The molecule has 0 aliphatic rings. The lowest BCUT2D eigenvalue weighted by atomic mass is 10.5. The van der Waals surface area contributed by atoms with Crippen molar-refractivity contribution in [2.45, 2.75) is 0 Å². The number of urea groups is 1. The molecule has 17 heavy (non-hydrogen) atoms. The van der Waals surface area contributed by atoms with E-state index in [4.69, 9.17) is 5.73 Å². The zero-order valence-corrected chi connectivity index (χ0v) is 9.27. The van der Waals surface area contributed by atoms with Crippen molar-refractivity contribution >= 4 is 17.8 Å². The molecule has 0 saturated carbocycles. The van der Waals surface area contributed by atoms with Gasteiger partial charge in [0, 0.05) is 19.3 Å². The minimum absolute atomic E-state index is 0.0274. The van der Waals surface area contributed by atoms with E-state index in [1.165, 1.54) is 13.3 Å². The van der Waals surface area contributed by atoms with Gasteiger partial charge in [-0.1, -0.05) is 0 Å².